The SMILES string of the molecule is O=C(O)CCCC(=O)O.O=C(O)CCCC(=O)O.O=C(O)CCCC(=O)O. The second kappa shape index (κ2) is 19.1. The Hall–Kier alpha value is -3.18. The van der Waals surface area contributed by atoms with E-state index in [4.69, 9.17) is 30.6 Å². The van der Waals surface area contributed by atoms with E-state index in [-0.39, 0.29) is 57.8 Å². The summed E-state index contributed by atoms with van der Waals surface area (Å²) in [5.41, 5.74) is 0. The van der Waals surface area contributed by atoms with Crippen molar-refractivity contribution in [1.82, 2.24) is 0 Å². The molecule has 0 atom stereocenters. The number of carboxylic acids is 6. The molecular weight excluding hydrogens is 372 g/mol. The van der Waals surface area contributed by atoms with Crippen molar-refractivity contribution >= 4 is 35.8 Å². The molecular formula is C15H24O12. The van der Waals surface area contributed by atoms with Crippen LogP contribution in [0.15, 0.2) is 0 Å². The summed E-state index contributed by atoms with van der Waals surface area (Å²) in [6.07, 6.45) is 0.260. The Kier molecular flexibility index (Phi) is 20.3. The second-order valence-electron chi connectivity index (χ2n) is 4.92. The van der Waals surface area contributed by atoms with Gasteiger partial charge in [0.15, 0.2) is 0 Å². The fourth-order valence-electron chi connectivity index (χ4n) is 1.17. The molecule has 0 aromatic rings. The van der Waals surface area contributed by atoms with Crippen LogP contribution in [0.3, 0.4) is 0 Å². The first-order valence-electron chi connectivity index (χ1n) is 7.69. The molecule has 27 heavy (non-hydrogen) atoms. The number of hydrogen-bond donors (Lipinski definition) is 6. The van der Waals surface area contributed by atoms with Gasteiger partial charge >= 0.3 is 35.8 Å². The lowest BCUT2D eigenvalue weighted by Crippen LogP contribution is -1.98. The number of aliphatic carboxylic acids is 6. The van der Waals surface area contributed by atoms with Crippen LogP contribution in [-0.2, 0) is 28.8 Å². The zero-order chi connectivity index (χ0) is 21.8. The Morgan fingerprint density at radius 2 is 0.444 bits per heavy atom. The van der Waals surface area contributed by atoms with E-state index in [1.54, 1.807) is 0 Å². The first-order valence-corrected chi connectivity index (χ1v) is 7.69. The van der Waals surface area contributed by atoms with Gasteiger partial charge in [0.1, 0.15) is 0 Å². The normalized spacial score (nSPS) is 8.89. The average molecular weight is 396 g/mol. The van der Waals surface area contributed by atoms with Gasteiger partial charge in [-0.25, -0.2) is 0 Å². The smallest absolute Gasteiger partial charge is 0.303 e. The summed E-state index contributed by atoms with van der Waals surface area (Å²) in [6, 6.07) is 0. The van der Waals surface area contributed by atoms with Gasteiger partial charge < -0.3 is 30.6 Å². The van der Waals surface area contributed by atoms with Gasteiger partial charge in [-0.05, 0) is 19.3 Å². The number of carboxylic acid groups (broad SMARTS) is 6. The molecule has 0 rings (SSSR count). The lowest BCUT2D eigenvalue weighted by molar-refractivity contribution is -0.140. The Labute approximate surface area is 154 Å². The summed E-state index contributed by atoms with van der Waals surface area (Å²) in [7, 11) is 0. The maximum atomic E-state index is 9.79. The molecule has 0 bridgehead atoms. The summed E-state index contributed by atoms with van der Waals surface area (Å²) in [5.74, 6) is -5.69. The number of hydrogen-bond acceptors (Lipinski definition) is 6. The molecule has 0 aromatic carbocycles. The predicted molar refractivity (Wildman–Crippen MR) is 87.4 cm³/mol. The predicted octanol–water partition coefficient (Wildman–Crippen LogP) is 0.978. The van der Waals surface area contributed by atoms with Gasteiger partial charge in [-0.3, -0.25) is 28.8 Å². The topological polar surface area (TPSA) is 224 Å². The van der Waals surface area contributed by atoms with Gasteiger partial charge in [-0.2, -0.15) is 0 Å². The molecule has 0 unspecified atom stereocenters. The first kappa shape index (κ1) is 28.6. The third-order valence-electron chi connectivity index (χ3n) is 2.34. The van der Waals surface area contributed by atoms with Crippen LogP contribution in [0.25, 0.3) is 0 Å². The van der Waals surface area contributed by atoms with E-state index in [9.17, 15) is 28.8 Å². The van der Waals surface area contributed by atoms with E-state index in [0.717, 1.165) is 0 Å². The van der Waals surface area contributed by atoms with Crippen molar-refractivity contribution in [2.45, 2.75) is 57.8 Å². The monoisotopic (exact) mass is 396 g/mol. The van der Waals surface area contributed by atoms with Crippen molar-refractivity contribution in [1.29, 1.82) is 0 Å². The van der Waals surface area contributed by atoms with Crippen LogP contribution in [0, 0.1) is 0 Å². The summed E-state index contributed by atoms with van der Waals surface area (Å²) in [4.78, 5) is 58.7. The first-order chi connectivity index (χ1) is 12.4. The van der Waals surface area contributed by atoms with E-state index >= 15 is 0 Å². The summed E-state index contributed by atoms with van der Waals surface area (Å²) in [5, 5.41) is 48.2. The van der Waals surface area contributed by atoms with Crippen LogP contribution < -0.4 is 0 Å². The van der Waals surface area contributed by atoms with Crippen LogP contribution >= 0.6 is 0 Å². The molecule has 0 spiro atoms. The molecule has 0 aromatic heterocycles. The highest BCUT2D eigenvalue weighted by Gasteiger charge is 2.01. The zero-order valence-electron chi connectivity index (χ0n) is 14.5. The Morgan fingerprint density at radius 1 is 0.333 bits per heavy atom. The van der Waals surface area contributed by atoms with E-state index in [2.05, 4.69) is 0 Å². The van der Waals surface area contributed by atoms with Crippen molar-refractivity contribution < 1.29 is 59.4 Å². The van der Waals surface area contributed by atoms with Crippen molar-refractivity contribution in [2.24, 2.45) is 0 Å². The third-order valence-corrected chi connectivity index (χ3v) is 2.34. The maximum absolute atomic E-state index is 9.79. The lowest BCUT2D eigenvalue weighted by Gasteiger charge is -1.89. The van der Waals surface area contributed by atoms with Crippen LogP contribution in [-0.4, -0.2) is 66.5 Å². The number of rotatable bonds is 12. The van der Waals surface area contributed by atoms with Crippen molar-refractivity contribution in [3.05, 3.63) is 0 Å². The highest BCUT2D eigenvalue weighted by Crippen LogP contribution is 1.94. The summed E-state index contributed by atoms with van der Waals surface area (Å²) >= 11 is 0. The van der Waals surface area contributed by atoms with Crippen molar-refractivity contribution in [2.75, 3.05) is 0 Å². The van der Waals surface area contributed by atoms with Gasteiger partial charge in [0.2, 0.25) is 0 Å². The number of carbonyl (C=O) groups is 6. The Morgan fingerprint density at radius 3 is 0.519 bits per heavy atom. The molecule has 0 aliphatic carbocycles. The molecule has 0 amide bonds. The Balaban J connectivity index is -0.000000320. The largest absolute Gasteiger partial charge is 0.481 e. The molecule has 12 heteroatoms. The van der Waals surface area contributed by atoms with Crippen LogP contribution in [0.4, 0.5) is 0 Å². The highest BCUT2D eigenvalue weighted by atomic mass is 16.4. The van der Waals surface area contributed by atoms with Crippen molar-refractivity contribution in [3.63, 3.8) is 0 Å². The molecule has 0 saturated heterocycles. The molecule has 6 N–H and O–H groups in total. The van der Waals surface area contributed by atoms with Gasteiger partial charge in [-0.15, -0.1) is 0 Å². The zero-order valence-corrected chi connectivity index (χ0v) is 14.5. The van der Waals surface area contributed by atoms with Crippen LogP contribution in [0.2, 0.25) is 0 Å². The van der Waals surface area contributed by atoms with Crippen LogP contribution in [0.5, 0.6) is 0 Å². The molecule has 156 valence electrons. The van der Waals surface area contributed by atoms with E-state index in [1.165, 1.54) is 0 Å². The molecule has 12 nitrogen and oxygen atoms in total. The van der Waals surface area contributed by atoms with Crippen LogP contribution in [0.1, 0.15) is 57.8 Å². The van der Waals surface area contributed by atoms with E-state index < -0.39 is 35.8 Å². The van der Waals surface area contributed by atoms with E-state index in [1.807, 2.05) is 0 Å². The van der Waals surface area contributed by atoms with Crippen molar-refractivity contribution in [3.8, 4) is 0 Å². The van der Waals surface area contributed by atoms with Gasteiger partial charge in [0.05, 0.1) is 0 Å². The lowest BCUT2D eigenvalue weighted by atomic mass is 10.2. The maximum Gasteiger partial charge on any atom is 0.303 e. The third kappa shape index (κ3) is 45.0. The molecule has 0 saturated carbocycles. The second-order valence-corrected chi connectivity index (χ2v) is 4.92. The molecule has 0 aliphatic rings. The minimum atomic E-state index is -0.948. The van der Waals surface area contributed by atoms with Gasteiger partial charge in [-0.1, -0.05) is 0 Å². The minimum absolute atomic E-state index is 0.0632. The Bertz CT molecular complexity index is 384. The molecule has 0 radical (unpaired) electrons. The molecule has 0 fully saturated rings. The quantitative estimate of drug-likeness (QED) is 0.271. The fraction of sp³-hybridized carbons (Fsp3) is 0.600. The molecule has 0 heterocycles. The van der Waals surface area contributed by atoms with Gasteiger partial charge in [0, 0.05) is 38.5 Å². The van der Waals surface area contributed by atoms with E-state index in [0.29, 0.717) is 0 Å². The average Bonchev–Trinajstić information content (AvgIpc) is 2.46. The molecule has 0 aliphatic heterocycles. The fourth-order valence-corrected chi connectivity index (χ4v) is 1.17. The standard InChI is InChI=1S/3C5H8O4/c3*6-4(7)2-1-3-5(8)9/h3*1-3H2,(H,6,7)(H,8,9). The summed E-state index contributed by atoms with van der Waals surface area (Å²) in [6.45, 7) is 0. The minimum Gasteiger partial charge on any atom is -0.481 e. The highest BCUT2D eigenvalue weighted by molar-refractivity contribution is 5.71. The van der Waals surface area contributed by atoms with Gasteiger partial charge in [0.25, 0.3) is 0 Å². The summed E-state index contributed by atoms with van der Waals surface area (Å²) < 4.78 is 0.